The highest BCUT2D eigenvalue weighted by molar-refractivity contribution is 6.21. The van der Waals surface area contributed by atoms with E-state index in [-0.39, 0.29) is 28.6 Å². The maximum atomic E-state index is 12.7. The molecule has 28 heavy (non-hydrogen) atoms. The van der Waals surface area contributed by atoms with Gasteiger partial charge in [-0.05, 0) is 31.0 Å². The third-order valence-corrected chi connectivity index (χ3v) is 4.81. The van der Waals surface area contributed by atoms with E-state index >= 15 is 0 Å². The number of imide groups is 1. The number of rotatable bonds is 5. The molecule has 2 aromatic carbocycles. The Balaban J connectivity index is 1.59. The van der Waals surface area contributed by atoms with Gasteiger partial charge < -0.3 is 10.1 Å². The molecule has 1 N–H and O–H groups in total. The fraction of sp³-hybridized carbons (Fsp3) is 0.238. The van der Waals surface area contributed by atoms with E-state index in [1.165, 1.54) is 25.2 Å². The van der Waals surface area contributed by atoms with Gasteiger partial charge in [-0.15, -0.1) is 0 Å². The highest BCUT2D eigenvalue weighted by Gasteiger charge is 2.34. The number of esters is 1. The second-order valence-corrected chi connectivity index (χ2v) is 6.91. The number of amides is 3. The van der Waals surface area contributed by atoms with E-state index in [9.17, 15) is 19.2 Å². The number of carbonyl (C=O) groups excluding carboxylic acids is 4. The Hall–Kier alpha value is -3.48. The predicted molar refractivity (Wildman–Crippen MR) is 98.6 cm³/mol. The summed E-state index contributed by atoms with van der Waals surface area (Å²) in [5.41, 5.74) is 1.06. The van der Waals surface area contributed by atoms with Crippen molar-refractivity contribution < 1.29 is 23.9 Å². The molecular formula is C21H18N2O5. The number of benzene rings is 2. The van der Waals surface area contributed by atoms with Gasteiger partial charge in [-0.2, -0.15) is 0 Å². The molecule has 1 aliphatic heterocycles. The third kappa shape index (κ3) is 3.26. The molecule has 0 aromatic heterocycles. The van der Waals surface area contributed by atoms with E-state index in [1.54, 1.807) is 30.3 Å². The van der Waals surface area contributed by atoms with Crippen molar-refractivity contribution in [1.29, 1.82) is 0 Å². The molecule has 1 aliphatic carbocycles. The highest BCUT2D eigenvalue weighted by Crippen LogP contribution is 2.26. The van der Waals surface area contributed by atoms with E-state index in [1.807, 2.05) is 0 Å². The van der Waals surface area contributed by atoms with Crippen LogP contribution >= 0.6 is 0 Å². The molecule has 4 rings (SSSR count). The van der Waals surface area contributed by atoms with Gasteiger partial charge in [-0.1, -0.05) is 30.3 Å². The average molecular weight is 378 g/mol. The van der Waals surface area contributed by atoms with Crippen molar-refractivity contribution in [3.8, 4) is 0 Å². The second-order valence-electron chi connectivity index (χ2n) is 6.91. The molecular weight excluding hydrogens is 360 g/mol. The third-order valence-electron chi connectivity index (χ3n) is 4.81. The van der Waals surface area contributed by atoms with Crippen LogP contribution < -0.4 is 5.32 Å². The molecule has 0 saturated heterocycles. The summed E-state index contributed by atoms with van der Waals surface area (Å²) in [7, 11) is 1.39. The van der Waals surface area contributed by atoms with E-state index in [4.69, 9.17) is 4.74 Å². The summed E-state index contributed by atoms with van der Waals surface area (Å²) in [6, 6.07) is 13.1. The first-order chi connectivity index (χ1) is 13.5. The predicted octanol–water partition coefficient (Wildman–Crippen LogP) is 2.09. The lowest BCUT2D eigenvalue weighted by molar-refractivity contribution is -0.130. The SMILES string of the molecule is CN1C(=O)c2ccc(C(=O)OC(C(=O)NC3CC3)c3ccccc3)cc2C1=O. The highest BCUT2D eigenvalue weighted by atomic mass is 16.5. The van der Waals surface area contributed by atoms with E-state index in [2.05, 4.69) is 5.32 Å². The summed E-state index contributed by atoms with van der Waals surface area (Å²) >= 11 is 0. The topological polar surface area (TPSA) is 92.8 Å². The molecule has 7 heteroatoms. The van der Waals surface area contributed by atoms with Gasteiger partial charge in [0.25, 0.3) is 17.7 Å². The van der Waals surface area contributed by atoms with E-state index in [0.29, 0.717) is 5.56 Å². The molecule has 1 saturated carbocycles. The Morgan fingerprint density at radius 3 is 2.39 bits per heavy atom. The number of carbonyl (C=O) groups is 4. The lowest BCUT2D eigenvalue weighted by Crippen LogP contribution is -2.33. The largest absolute Gasteiger partial charge is 0.444 e. The summed E-state index contributed by atoms with van der Waals surface area (Å²) in [4.78, 5) is 50.4. The molecule has 3 amide bonds. The summed E-state index contributed by atoms with van der Waals surface area (Å²) in [6.07, 6.45) is 0.730. The number of ether oxygens (including phenoxy) is 1. The lowest BCUT2D eigenvalue weighted by Gasteiger charge is -2.18. The van der Waals surface area contributed by atoms with Gasteiger partial charge in [0.1, 0.15) is 0 Å². The van der Waals surface area contributed by atoms with Crippen LogP contribution in [0.15, 0.2) is 48.5 Å². The minimum absolute atomic E-state index is 0.107. The molecule has 1 unspecified atom stereocenters. The lowest BCUT2D eigenvalue weighted by atomic mass is 10.1. The number of nitrogens with one attached hydrogen (secondary N) is 1. The first-order valence-corrected chi connectivity index (χ1v) is 8.98. The average Bonchev–Trinajstić information content (AvgIpc) is 3.50. The van der Waals surface area contributed by atoms with Crippen molar-refractivity contribution in [2.45, 2.75) is 25.0 Å². The van der Waals surface area contributed by atoms with Crippen LogP contribution in [0.3, 0.4) is 0 Å². The van der Waals surface area contributed by atoms with Gasteiger partial charge in [0.2, 0.25) is 6.10 Å². The Bertz CT molecular complexity index is 982. The van der Waals surface area contributed by atoms with Gasteiger partial charge in [0.05, 0.1) is 16.7 Å². The number of nitrogens with zero attached hydrogens (tertiary/aromatic N) is 1. The van der Waals surface area contributed by atoms with Gasteiger partial charge in [0, 0.05) is 18.7 Å². The van der Waals surface area contributed by atoms with Crippen LogP contribution in [0.1, 0.15) is 55.6 Å². The maximum absolute atomic E-state index is 12.7. The normalized spacial score (nSPS) is 16.5. The quantitative estimate of drug-likeness (QED) is 0.635. The molecule has 1 heterocycles. The standard InChI is InChI=1S/C21H18N2O5/c1-23-19(25)15-10-7-13(11-16(15)20(23)26)21(27)28-17(12-5-3-2-4-6-12)18(24)22-14-8-9-14/h2-7,10-11,14,17H,8-9H2,1H3,(H,22,24). The number of fused-ring (bicyclic) bond motifs is 1. The molecule has 142 valence electrons. The molecule has 7 nitrogen and oxygen atoms in total. The van der Waals surface area contributed by atoms with Crippen LogP contribution in [0.25, 0.3) is 0 Å². The van der Waals surface area contributed by atoms with Crippen molar-refractivity contribution in [2.75, 3.05) is 7.05 Å². The van der Waals surface area contributed by atoms with Crippen molar-refractivity contribution in [3.63, 3.8) is 0 Å². The van der Waals surface area contributed by atoms with Crippen LogP contribution in [0.2, 0.25) is 0 Å². The monoisotopic (exact) mass is 378 g/mol. The van der Waals surface area contributed by atoms with Crippen molar-refractivity contribution in [3.05, 3.63) is 70.8 Å². The van der Waals surface area contributed by atoms with Gasteiger partial charge in [0.15, 0.2) is 0 Å². The second kappa shape index (κ2) is 6.92. The zero-order valence-corrected chi connectivity index (χ0v) is 15.2. The molecule has 1 atom stereocenters. The smallest absolute Gasteiger partial charge is 0.339 e. The van der Waals surface area contributed by atoms with Crippen LogP contribution in [-0.4, -0.2) is 41.7 Å². The first kappa shape index (κ1) is 17.9. The molecule has 0 spiro atoms. The van der Waals surface area contributed by atoms with E-state index < -0.39 is 23.9 Å². The summed E-state index contributed by atoms with van der Waals surface area (Å²) in [5, 5.41) is 2.85. The summed E-state index contributed by atoms with van der Waals surface area (Å²) in [6.45, 7) is 0. The molecule has 0 radical (unpaired) electrons. The van der Waals surface area contributed by atoms with E-state index in [0.717, 1.165) is 17.7 Å². The molecule has 2 aliphatic rings. The van der Waals surface area contributed by atoms with Crippen molar-refractivity contribution >= 4 is 23.7 Å². The first-order valence-electron chi connectivity index (χ1n) is 8.98. The fourth-order valence-corrected chi connectivity index (χ4v) is 3.07. The number of hydrogen-bond acceptors (Lipinski definition) is 5. The maximum Gasteiger partial charge on any atom is 0.339 e. The van der Waals surface area contributed by atoms with Crippen LogP contribution in [0, 0.1) is 0 Å². The van der Waals surface area contributed by atoms with Crippen molar-refractivity contribution in [2.24, 2.45) is 0 Å². The minimum Gasteiger partial charge on any atom is -0.444 e. The fourth-order valence-electron chi connectivity index (χ4n) is 3.07. The summed E-state index contributed by atoms with van der Waals surface area (Å²) < 4.78 is 5.50. The Kier molecular flexibility index (Phi) is 4.43. The van der Waals surface area contributed by atoms with Gasteiger partial charge in [-0.3, -0.25) is 19.3 Å². The summed E-state index contributed by atoms with van der Waals surface area (Å²) in [5.74, 6) is -2.00. The molecule has 2 aromatic rings. The Morgan fingerprint density at radius 1 is 1.04 bits per heavy atom. The Labute approximate surface area is 161 Å². The van der Waals surface area contributed by atoms with Crippen LogP contribution in [0.5, 0.6) is 0 Å². The zero-order chi connectivity index (χ0) is 19.8. The minimum atomic E-state index is -1.09. The van der Waals surface area contributed by atoms with Crippen LogP contribution in [-0.2, 0) is 9.53 Å². The number of hydrogen-bond donors (Lipinski definition) is 1. The van der Waals surface area contributed by atoms with Crippen molar-refractivity contribution in [1.82, 2.24) is 10.2 Å². The molecule has 0 bridgehead atoms. The Morgan fingerprint density at radius 2 is 1.71 bits per heavy atom. The molecule has 1 fully saturated rings. The van der Waals surface area contributed by atoms with Gasteiger partial charge in [-0.25, -0.2) is 4.79 Å². The van der Waals surface area contributed by atoms with Crippen LogP contribution in [0.4, 0.5) is 0 Å². The van der Waals surface area contributed by atoms with Gasteiger partial charge >= 0.3 is 5.97 Å². The zero-order valence-electron chi connectivity index (χ0n) is 15.2.